The molecule has 0 aromatic carbocycles. The van der Waals surface area contributed by atoms with Gasteiger partial charge in [-0.15, -0.1) is 0 Å². The Bertz CT molecular complexity index is 1320. The highest BCUT2D eigenvalue weighted by atomic mass is 31.2. The van der Waals surface area contributed by atoms with E-state index in [-0.39, 0.29) is 12.8 Å². The molecule has 0 saturated carbocycles. The van der Waals surface area contributed by atoms with Crippen LogP contribution in [-0.4, -0.2) is 81.6 Å². The van der Waals surface area contributed by atoms with Crippen LogP contribution in [0.4, 0.5) is 0 Å². The third-order valence-corrected chi connectivity index (χ3v) is 9.59. The van der Waals surface area contributed by atoms with E-state index in [1.165, 1.54) is 25.7 Å². The Hall–Kier alpha value is -2.48. The number of aliphatic hydroxyl groups is 2. The molecule has 0 heterocycles. The predicted molar refractivity (Wildman–Crippen MR) is 226 cm³/mol. The zero-order valence-electron chi connectivity index (χ0n) is 34.7. The van der Waals surface area contributed by atoms with Gasteiger partial charge in [0.05, 0.1) is 25.9 Å². The van der Waals surface area contributed by atoms with Gasteiger partial charge in [0.2, 0.25) is 0 Å². The minimum Gasteiger partial charge on any atom is -0.462 e. The zero-order chi connectivity index (χ0) is 43.2. The summed E-state index contributed by atoms with van der Waals surface area (Å²) >= 11 is 0. The van der Waals surface area contributed by atoms with Gasteiger partial charge in [0.25, 0.3) is 0 Å². The second kappa shape index (κ2) is 37.5. The Kier molecular flexibility index (Phi) is 35.9. The molecule has 0 radical (unpaired) electrons. The number of unbranched alkanes of at least 4 members (excludes halogenated alkanes) is 10. The minimum absolute atomic E-state index is 0.0800. The largest absolute Gasteiger partial charge is 0.472 e. The maximum Gasteiger partial charge on any atom is 0.472 e. The van der Waals surface area contributed by atoms with Crippen molar-refractivity contribution in [3.63, 3.8) is 0 Å². The SMILES string of the molecule is CC/C=C\C/C=C\CC(O)/C=C/C=C\C/C=C\CCCC(=O)OC[C@H](COP(=O)(O)OC[C@@H](O)COP(=O)(O)O)OC(=O)CCCCCCC/C=C\CCCCCC. The summed E-state index contributed by atoms with van der Waals surface area (Å²) in [6.45, 7) is 1.44. The van der Waals surface area contributed by atoms with Crippen molar-refractivity contribution in [3.8, 4) is 0 Å². The fourth-order valence-corrected chi connectivity index (χ4v) is 6.15. The summed E-state index contributed by atoms with van der Waals surface area (Å²) in [6, 6.07) is 0. The van der Waals surface area contributed by atoms with Crippen LogP contribution in [0, 0.1) is 0 Å². The van der Waals surface area contributed by atoms with Crippen molar-refractivity contribution in [1.82, 2.24) is 0 Å². The molecule has 4 atom stereocenters. The molecule has 0 aliphatic heterocycles. The Labute approximate surface area is 347 Å². The fourth-order valence-electron chi connectivity index (χ4n) is 4.99. The molecule has 16 heteroatoms. The molecule has 334 valence electrons. The second-order valence-electron chi connectivity index (χ2n) is 13.7. The van der Waals surface area contributed by atoms with Crippen molar-refractivity contribution in [2.24, 2.45) is 0 Å². The summed E-state index contributed by atoms with van der Waals surface area (Å²) in [5.74, 6) is -1.16. The van der Waals surface area contributed by atoms with Gasteiger partial charge >= 0.3 is 27.6 Å². The van der Waals surface area contributed by atoms with Crippen LogP contribution in [0.15, 0.2) is 72.9 Å². The maximum absolute atomic E-state index is 12.6. The number of allylic oxidation sites excluding steroid dienone is 10. The average molecular weight is 863 g/mol. The van der Waals surface area contributed by atoms with E-state index in [1.807, 2.05) is 36.5 Å². The van der Waals surface area contributed by atoms with Crippen molar-refractivity contribution in [2.75, 3.05) is 26.4 Å². The molecule has 0 aromatic rings. The molecule has 0 spiro atoms. The van der Waals surface area contributed by atoms with Gasteiger partial charge < -0.3 is 34.4 Å². The standard InChI is InChI=1S/C42H72O14P2/c1-3-5-7-9-11-12-13-14-15-16-21-25-29-33-42(46)56-40(37-55-58(50,51)54-35-39(44)34-53-57(47,48)49)36-52-41(45)32-28-24-20-18-17-19-23-27-31-38(43)30-26-22-10-8-6-4-2/h6,8,12-13,18-20,22-23,26-27,31,38-40,43-44H,3-5,7,9-11,14-17,21,24-25,28-30,32-37H2,1-2H3,(H,50,51)(H2,47,48,49)/b8-6-,13-12-,20-18-,23-19-,26-22-,31-27+/t38?,39-,40+/m0/s1. The molecule has 14 nitrogen and oxygen atoms in total. The topological polar surface area (TPSA) is 216 Å². The smallest absolute Gasteiger partial charge is 0.462 e. The van der Waals surface area contributed by atoms with Crippen molar-refractivity contribution >= 4 is 27.6 Å². The summed E-state index contributed by atoms with van der Waals surface area (Å²) in [6.07, 6.45) is 36.5. The molecule has 2 unspecified atom stereocenters. The van der Waals surface area contributed by atoms with Gasteiger partial charge in [-0.3, -0.25) is 23.2 Å². The molecule has 0 aliphatic rings. The van der Waals surface area contributed by atoms with Gasteiger partial charge in [-0.2, -0.15) is 0 Å². The van der Waals surface area contributed by atoms with Crippen molar-refractivity contribution in [3.05, 3.63) is 72.9 Å². The lowest BCUT2D eigenvalue weighted by atomic mass is 10.1. The molecule has 0 aliphatic carbocycles. The molecular formula is C42H72O14P2. The van der Waals surface area contributed by atoms with E-state index in [4.69, 9.17) is 23.8 Å². The number of esters is 2. The van der Waals surface area contributed by atoms with Crippen LogP contribution in [-0.2, 0) is 41.8 Å². The van der Waals surface area contributed by atoms with Gasteiger partial charge in [0.15, 0.2) is 6.10 Å². The van der Waals surface area contributed by atoms with E-state index >= 15 is 0 Å². The quantitative estimate of drug-likeness (QED) is 0.0129. The van der Waals surface area contributed by atoms with Gasteiger partial charge in [-0.05, 0) is 70.6 Å². The third kappa shape index (κ3) is 40.3. The van der Waals surface area contributed by atoms with Crippen LogP contribution in [0.3, 0.4) is 0 Å². The number of hydrogen-bond donors (Lipinski definition) is 5. The van der Waals surface area contributed by atoms with E-state index in [9.17, 15) is 33.8 Å². The van der Waals surface area contributed by atoms with Gasteiger partial charge in [-0.1, -0.05) is 125 Å². The number of carbonyl (C=O) groups is 2. The second-order valence-corrected chi connectivity index (χ2v) is 16.4. The summed E-state index contributed by atoms with van der Waals surface area (Å²) in [5.41, 5.74) is 0. The van der Waals surface area contributed by atoms with Crippen molar-refractivity contribution < 1.29 is 66.7 Å². The van der Waals surface area contributed by atoms with Crippen LogP contribution in [0.2, 0.25) is 0 Å². The van der Waals surface area contributed by atoms with Gasteiger partial charge in [0.1, 0.15) is 12.7 Å². The zero-order valence-corrected chi connectivity index (χ0v) is 36.5. The highest BCUT2D eigenvalue weighted by Crippen LogP contribution is 2.43. The first-order chi connectivity index (χ1) is 27.8. The third-order valence-electron chi connectivity index (χ3n) is 8.15. The van der Waals surface area contributed by atoms with Crippen LogP contribution in [0.1, 0.15) is 136 Å². The molecule has 0 saturated heterocycles. The lowest BCUT2D eigenvalue weighted by Gasteiger charge is -2.20. The maximum atomic E-state index is 12.6. The normalized spacial score (nSPS) is 15.4. The molecule has 0 fully saturated rings. The fraction of sp³-hybridized carbons (Fsp3) is 0.667. The Morgan fingerprint density at radius 1 is 0.586 bits per heavy atom. The first-order valence-electron chi connectivity index (χ1n) is 20.7. The Morgan fingerprint density at radius 2 is 1.16 bits per heavy atom. The first kappa shape index (κ1) is 55.5. The van der Waals surface area contributed by atoms with Crippen LogP contribution >= 0.6 is 15.6 Å². The van der Waals surface area contributed by atoms with E-state index in [2.05, 4.69) is 47.2 Å². The van der Waals surface area contributed by atoms with Gasteiger partial charge in [0, 0.05) is 12.8 Å². The number of rotatable bonds is 38. The molecule has 58 heavy (non-hydrogen) atoms. The van der Waals surface area contributed by atoms with E-state index in [0.717, 1.165) is 51.4 Å². The van der Waals surface area contributed by atoms with Crippen molar-refractivity contribution in [2.45, 2.75) is 154 Å². The lowest BCUT2D eigenvalue weighted by molar-refractivity contribution is -0.161. The number of aliphatic hydroxyl groups excluding tert-OH is 2. The van der Waals surface area contributed by atoms with Gasteiger partial charge in [-0.25, -0.2) is 9.13 Å². The van der Waals surface area contributed by atoms with Crippen molar-refractivity contribution in [1.29, 1.82) is 0 Å². The van der Waals surface area contributed by atoms with Crippen LogP contribution in [0.25, 0.3) is 0 Å². The summed E-state index contributed by atoms with van der Waals surface area (Å²) in [4.78, 5) is 52.6. The van der Waals surface area contributed by atoms with Crippen LogP contribution in [0.5, 0.6) is 0 Å². The highest BCUT2D eigenvalue weighted by Gasteiger charge is 2.28. The first-order valence-corrected chi connectivity index (χ1v) is 23.8. The monoisotopic (exact) mass is 862 g/mol. The summed E-state index contributed by atoms with van der Waals surface area (Å²) < 4.78 is 47.6. The summed E-state index contributed by atoms with van der Waals surface area (Å²) in [7, 11) is -9.71. The van der Waals surface area contributed by atoms with E-state index in [1.54, 1.807) is 12.2 Å². The average Bonchev–Trinajstić information content (AvgIpc) is 3.17. The van der Waals surface area contributed by atoms with Crippen LogP contribution < -0.4 is 0 Å². The summed E-state index contributed by atoms with van der Waals surface area (Å²) in [5, 5.41) is 19.7. The predicted octanol–water partition coefficient (Wildman–Crippen LogP) is 9.20. The molecule has 0 aromatic heterocycles. The number of phosphoric ester groups is 2. The molecule has 5 N–H and O–H groups in total. The van der Waals surface area contributed by atoms with E-state index < -0.39 is 72.3 Å². The Morgan fingerprint density at radius 3 is 1.86 bits per heavy atom. The number of carbonyl (C=O) groups excluding carboxylic acids is 2. The molecule has 0 amide bonds. The number of phosphoric acid groups is 2. The highest BCUT2D eigenvalue weighted by molar-refractivity contribution is 7.47. The lowest BCUT2D eigenvalue weighted by Crippen LogP contribution is -2.30. The minimum atomic E-state index is -4.88. The molecule has 0 bridgehead atoms. The molecule has 0 rings (SSSR count). The number of ether oxygens (including phenoxy) is 2. The Balaban J connectivity index is 4.72. The molecular weight excluding hydrogens is 790 g/mol. The number of hydrogen-bond acceptors (Lipinski definition) is 11. The van der Waals surface area contributed by atoms with E-state index in [0.29, 0.717) is 32.1 Å².